The van der Waals surface area contributed by atoms with Gasteiger partial charge in [0, 0.05) is 34.5 Å². The molecule has 0 aliphatic heterocycles. The van der Waals surface area contributed by atoms with Gasteiger partial charge in [0.2, 0.25) is 0 Å². The highest BCUT2D eigenvalue weighted by atomic mass is 16.5. The molecular formula is C33H29NO4. The lowest BCUT2D eigenvalue weighted by atomic mass is 9.97. The molecule has 0 bridgehead atoms. The van der Waals surface area contributed by atoms with Gasteiger partial charge in [-0.15, -0.1) is 0 Å². The number of fused-ring (bicyclic) bond motifs is 4. The molecule has 4 aromatic carbocycles. The maximum Gasteiger partial charge on any atom is 0.344 e. The average molecular weight is 504 g/mol. The van der Waals surface area contributed by atoms with E-state index in [4.69, 9.17) is 13.6 Å². The molecule has 0 saturated carbocycles. The number of rotatable bonds is 8. The van der Waals surface area contributed by atoms with E-state index in [2.05, 4.69) is 36.9 Å². The van der Waals surface area contributed by atoms with Crippen LogP contribution in [0, 0.1) is 0 Å². The molecule has 0 spiro atoms. The maximum absolute atomic E-state index is 12.6. The summed E-state index contributed by atoms with van der Waals surface area (Å²) in [5, 5.41) is 3.28. The number of furan rings is 1. The van der Waals surface area contributed by atoms with Crippen molar-refractivity contribution in [2.24, 2.45) is 0 Å². The molecule has 6 aromatic rings. The molecule has 5 nitrogen and oxygen atoms in total. The fourth-order valence-electron chi connectivity index (χ4n) is 5.10. The highest BCUT2D eigenvalue weighted by Crippen LogP contribution is 2.43. The van der Waals surface area contributed by atoms with Gasteiger partial charge in [0.1, 0.15) is 29.3 Å². The van der Waals surface area contributed by atoms with Crippen molar-refractivity contribution in [3.8, 4) is 28.2 Å². The standard InChI is InChI=1S/C33H29NO4/c1-3-34(4-2)18-19-36-24-16-14-22(15-17-24)31-28-20-27-25-12-8-9-13-26(25)33(35)38-29(27)21-30(28)37-32(31)23-10-6-5-7-11-23/h5-17,20-21H,3-4,18-19H2,1-2H3. The summed E-state index contributed by atoms with van der Waals surface area (Å²) in [5.74, 6) is 1.62. The first-order valence-corrected chi connectivity index (χ1v) is 13.1. The van der Waals surface area contributed by atoms with E-state index in [1.54, 1.807) is 6.07 Å². The van der Waals surface area contributed by atoms with E-state index in [0.717, 1.165) is 64.0 Å². The molecule has 0 amide bonds. The van der Waals surface area contributed by atoms with E-state index in [1.165, 1.54) is 0 Å². The Kier molecular flexibility index (Phi) is 6.44. The minimum absolute atomic E-state index is 0.348. The van der Waals surface area contributed by atoms with E-state index in [9.17, 15) is 4.79 Å². The zero-order valence-electron chi connectivity index (χ0n) is 21.6. The topological polar surface area (TPSA) is 55.8 Å². The Bertz CT molecular complexity index is 1780. The summed E-state index contributed by atoms with van der Waals surface area (Å²) in [7, 11) is 0. The molecule has 6 rings (SSSR count). The van der Waals surface area contributed by atoms with Gasteiger partial charge >= 0.3 is 5.63 Å². The Morgan fingerprint density at radius 3 is 2.11 bits per heavy atom. The number of hydrogen-bond donors (Lipinski definition) is 0. The lowest BCUT2D eigenvalue weighted by molar-refractivity contribution is 0.223. The van der Waals surface area contributed by atoms with Crippen molar-refractivity contribution in [1.82, 2.24) is 4.90 Å². The first-order chi connectivity index (χ1) is 18.7. The molecule has 38 heavy (non-hydrogen) atoms. The highest BCUT2D eigenvalue weighted by Gasteiger charge is 2.20. The van der Waals surface area contributed by atoms with Crippen LogP contribution in [0.15, 0.2) is 105 Å². The second-order valence-corrected chi connectivity index (χ2v) is 9.35. The predicted molar refractivity (Wildman–Crippen MR) is 154 cm³/mol. The molecule has 2 aromatic heterocycles. The van der Waals surface area contributed by atoms with Crippen molar-refractivity contribution >= 4 is 32.7 Å². The lowest BCUT2D eigenvalue weighted by Gasteiger charge is -2.18. The molecule has 0 N–H and O–H groups in total. The summed E-state index contributed by atoms with van der Waals surface area (Å²) < 4.78 is 18.2. The van der Waals surface area contributed by atoms with Crippen molar-refractivity contribution in [3.05, 3.63) is 101 Å². The predicted octanol–water partition coefficient (Wildman–Crippen LogP) is 7.75. The summed E-state index contributed by atoms with van der Waals surface area (Å²) >= 11 is 0. The summed E-state index contributed by atoms with van der Waals surface area (Å²) in [6.45, 7) is 7.91. The van der Waals surface area contributed by atoms with Crippen molar-refractivity contribution in [2.75, 3.05) is 26.2 Å². The van der Waals surface area contributed by atoms with Gasteiger partial charge in [-0.1, -0.05) is 74.5 Å². The van der Waals surface area contributed by atoms with Crippen LogP contribution in [-0.4, -0.2) is 31.1 Å². The van der Waals surface area contributed by atoms with Gasteiger partial charge in [-0.3, -0.25) is 0 Å². The minimum Gasteiger partial charge on any atom is -0.492 e. The van der Waals surface area contributed by atoms with Crippen LogP contribution in [0.25, 0.3) is 55.2 Å². The first kappa shape index (κ1) is 24.0. The number of ether oxygens (including phenoxy) is 1. The lowest BCUT2D eigenvalue weighted by Crippen LogP contribution is -2.27. The van der Waals surface area contributed by atoms with Gasteiger partial charge in [0.15, 0.2) is 0 Å². The zero-order valence-corrected chi connectivity index (χ0v) is 21.6. The SMILES string of the molecule is CCN(CC)CCOc1ccc(-c2c(-c3ccccc3)oc3cc4oc(=O)c5ccccc5c4cc23)cc1. The van der Waals surface area contributed by atoms with Crippen molar-refractivity contribution < 1.29 is 13.6 Å². The van der Waals surface area contributed by atoms with Gasteiger partial charge in [-0.05, 0) is 48.3 Å². The van der Waals surface area contributed by atoms with Gasteiger partial charge in [-0.25, -0.2) is 4.79 Å². The van der Waals surface area contributed by atoms with E-state index in [-0.39, 0.29) is 5.63 Å². The van der Waals surface area contributed by atoms with Gasteiger partial charge in [0.05, 0.1) is 5.39 Å². The molecule has 0 atom stereocenters. The van der Waals surface area contributed by atoms with E-state index < -0.39 is 0 Å². The number of likely N-dealkylation sites (N-methyl/N-ethyl adjacent to an activating group) is 1. The third-order valence-electron chi connectivity index (χ3n) is 7.18. The molecule has 0 aliphatic carbocycles. The van der Waals surface area contributed by atoms with E-state index >= 15 is 0 Å². The largest absolute Gasteiger partial charge is 0.492 e. The Morgan fingerprint density at radius 1 is 0.684 bits per heavy atom. The zero-order chi connectivity index (χ0) is 26.1. The molecule has 0 radical (unpaired) electrons. The quantitative estimate of drug-likeness (QED) is 0.157. The van der Waals surface area contributed by atoms with Gasteiger partial charge < -0.3 is 18.5 Å². The fourth-order valence-corrected chi connectivity index (χ4v) is 5.10. The summed E-state index contributed by atoms with van der Waals surface area (Å²) in [6.07, 6.45) is 0. The van der Waals surface area contributed by atoms with Crippen LogP contribution >= 0.6 is 0 Å². The van der Waals surface area contributed by atoms with Gasteiger partial charge in [0.25, 0.3) is 0 Å². The monoisotopic (exact) mass is 503 g/mol. The summed E-state index contributed by atoms with van der Waals surface area (Å²) in [6, 6.07) is 29.7. The fraction of sp³-hybridized carbons (Fsp3) is 0.182. The molecule has 190 valence electrons. The Balaban J connectivity index is 1.48. The van der Waals surface area contributed by atoms with Crippen LogP contribution in [0.4, 0.5) is 0 Å². The number of hydrogen-bond acceptors (Lipinski definition) is 5. The third kappa shape index (κ3) is 4.35. The number of nitrogens with zero attached hydrogens (tertiary/aromatic N) is 1. The second-order valence-electron chi connectivity index (χ2n) is 9.35. The number of benzene rings is 4. The van der Waals surface area contributed by atoms with Crippen LogP contribution < -0.4 is 10.4 Å². The highest BCUT2D eigenvalue weighted by molar-refractivity contribution is 6.12. The molecule has 0 unspecified atom stereocenters. The molecule has 0 fully saturated rings. The van der Waals surface area contributed by atoms with Crippen LogP contribution in [0.2, 0.25) is 0 Å². The molecule has 2 heterocycles. The van der Waals surface area contributed by atoms with E-state index in [1.807, 2.05) is 66.7 Å². The Hall–Kier alpha value is -4.35. The molecule has 0 aliphatic rings. The maximum atomic E-state index is 12.6. The van der Waals surface area contributed by atoms with Crippen LogP contribution in [0.5, 0.6) is 5.75 Å². The molecule has 0 saturated heterocycles. The normalized spacial score (nSPS) is 11.7. The van der Waals surface area contributed by atoms with E-state index in [0.29, 0.717) is 23.2 Å². The van der Waals surface area contributed by atoms with Crippen LogP contribution in [0.1, 0.15) is 13.8 Å². The summed E-state index contributed by atoms with van der Waals surface area (Å²) in [4.78, 5) is 15.0. The summed E-state index contributed by atoms with van der Waals surface area (Å²) in [5.41, 5.74) is 3.84. The minimum atomic E-state index is -0.348. The van der Waals surface area contributed by atoms with Crippen LogP contribution in [-0.2, 0) is 0 Å². The van der Waals surface area contributed by atoms with Crippen molar-refractivity contribution in [1.29, 1.82) is 0 Å². The van der Waals surface area contributed by atoms with Gasteiger partial charge in [-0.2, -0.15) is 0 Å². The van der Waals surface area contributed by atoms with Crippen LogP contribution in [0.3, 0.4) is 0 Å². The second kappa shape index (κ2) is 10.2. The first-order valence-electron chi connectivity index (χ1n) is 13.1. The molecular weight excluding hydrogens is 474 g/mol. The Labute approximate surface area is 220 Å². The smallest absolute Gasteiger partial charge is 0.344 e. The average Bonchev–Trinajstić information content (AvgIpc) is 3.34. The van der Waals surface area contributed by atoms with Crippen molar-refractivity contribution in [2.45, 2.75) is 13.8 Å². The Morgan fingerprint density at radius 2 is 1.37 bits per heavy atom. The third-order valence-corrected chi connectivity index (χ3v) is 7.18. The van der Waals surface area contributed by atoms with Crippen molar-refractivity contribution in [3.63, 3.8) is 0 Å². The molecule has 5 heteroatoms.